The molecular weight excluding hydrogens is 254 g/mol. The molecule has 5 heteroatoms. The van der Waals surface area contributed by atoms with Crippen molar-refractivity contribution >= 4 is 11.6 Å². The van der Waals surface area contributed by atoms with Crippen LogP contribution in [0.4, 0.5) is 5.69 Å². The molecule has 0 atom stereocenters. The molecule has 0 bridgehead atoms. The van der Waals surface area contributed by atoms with Crippen molar-refractivity contribution in [2.75, 3.05) is 5.73 Å². The summed E-state index contributed by atoms with van der Waals surface area (Å²) in [4.78, 5) is 18.5. The molecule has 0 saturated heterocycles. The fourth-order valence-corrected chi connectivity index (χ4v) is 2.17. The molecule has 0 aromatic carbocycles. The van der Waals surface area contributed by atoms with E-state index in [4.69, 9.17) is 10.2 Å². The number of nitrogens with zero attached hydrogens (tertiary/aromatic N) is 2. The molecule has 3 rings (SSSR count). The van der Waals surface area contributed by atoms with Crippen LogP contribution < -0.4 is 5.73 Å². The van der Waals surface area contributed by atoms with Gasteiger partial charge in [-0.1, -0.05) is 0 Å². The number of aryl methyl sites for hydroxylation is 1. The SMILES string of the molecule is Cc1ccc(CN(C(=O)c2ccc(N)cn2)C2CC2)o1. The number of hydrogen-bond acceptors (Lipinski definition) is 4. The highest BCUT2D eigenvalue weighted by Crippen LogP contribution is 2.30. The number of rotatable bonds is 4. The lowest BCUT2D eigenvalue weighted by Gasteiger charge is -2.20. The lowest BCUT2D eigenvalue weighted by molar-refractivity contribution is 0.0711. The fraction of sp³-hybridized carbons (Fsp3) is 0.333. The molecule has 0 aliphatic heterocycles. The number of pyridine rings is 1. The first kappa shape index (κ1) is 12.7. The molecule has 0 unspecified atom stereocenters. The van der Waals surface area contributed by atoms with Crippen LogP contribution in [0.25, 0.3) is 0 Å². The van der Waals surface area contributed by atoms with Gasteiger partial charge in [-0.05, 0) is 44.0 Å². The molecule has 1 amide bonds. The van der Waals surface area contributed by atoms with Crippen molar-refractivity contribution in [2.24, 2.45) is 0 Å². The number of carbonyl (C=O) groups is 1. The fourth-order valence-electron chi connectivity index (χ4n) is 2.17. The summed E-state index contributed by atoms with van der Waals surface area (Å²) in [6.45, 7) is 2.39. The van der Waals surface area contributed by atoms with Crippen molar-refractivity contribution in [1.29, 1.82) is 0 Å². The van der Waals surface area contributed by atoms with Crippen molar-refractivity contribution in [3.05, 3.63) is 47.7 Å². The molecule has 20 heavy (non-hydrogen) atoms. The van der Waals surface area contributed by atoms with Gasteiger partial charge in [-0.3, -0.25) is 4.79 Å². The molecular formula is C15H17N3O2. The third-order valence-electron chi connectivity index (χ3n) is 3.38. The van der Waals surface area contributed by atoms with E-state index < -0.39 is 0 Å². The van der Waals surface area contributed by atoms with E-state index in [1.54, 1.807) is 12.1 Å². The average Bonchev–Trinajstić information content (AvgIpc) is 3.19. The standard InChI is InChI=1S/C15H17N3O2/c1-10-2-6-13(20-10)9-18(12-4-5-12)15(19)14-7-3-11(16)8-17-14/h2-3,6-8,12H,4-5,9,16H2,1H3. The maximum Gasteiger partial charge on any atom is 0.273 e. The Bertz CT molecular complexity index is 614. The molecule has 1 aliphatic rings. The van der Waals surface area contributed by atoms with Crippen LogP contribution >= 0.6 is 0 Å². The number of carbonyl (C=O) groups excluding carboxylic acids is 1. The van der Waals surface area contributed by atoms with Crippen LogP contribution in [0.15, 0.2) is 34.9 Å². The van der Waals surface area contributed by atoms with Gasteiger partial charge < -0.3 is 15.1 Å². The number of furan rings is 1. The van der Waals surface area contributed by atoms with E-state index >= 15 is 0 Å². The van der Waals surface area contributed by atoms with Gasteiger partial charge in [0.15, 0.2) is 0 Å². The molecule has 104 valence electrons. The first-order valence-corrected chi connectivity index (χ1v) is 6.71. The van der Waals surface area contributed by atoms with E-state index in [0.717, 1.165) is 24.4 Å². The largest absolute Gasteiger partial charge is 0.464 e. The highest BCUT2D eigenvalue weighted by molar-refractivity contribution is 5.92. The number of nitrogen functional groups attached to an aromatic ring is 1. The summed E-state index contributed by atoms with van der Waals surface area (Å²) < 4.78 is 5.56. The Kier molecular flexibility index (Phi) is 3.18. The van der Waals surface area contributed by atoms with Gasteiger partial charge in [0.05, 0.1) is 18.4 Å². The van der Waals surface area contributed by atoms with Gasteiger partial charge in [0.1, 0.15) is 17.2 Å². The predicted octanol–water partition coefficient (Wildman–Crippen LogP) is 2.37. The van der Waals surface area contributed by atoms with E-state index in [-0.39, 0.29) is 5.91 Å². The highest BCUT2D eigenvalue weighted by atomic mass is 16.3. The number of anilines is 1. The van der Waals surface area contributed by atoms with Gasteiger partial charge in [0, 0.05) is 6.04 Å². The summed E-state index contributed by atoms with van der Waals surface area (Å²) >= 11 is 0. The van der Waals surface area contributed by atoms with E-state index in [9.17, 15) is 4.79 Å². The van der Waals surface area contributed by atoms with Gasteiger partial charge in [-0.2, -0.15) is 0 Å². The lowest BCUT2D eigenvalue weighted by Crippen LogP contribution is -2.33. The van der Waals surface area contributed by atoms with E-state index in [2.05, 4.69) is 4.98 Å². The minimum atomic E-state index is -0.0680. The van der Waals surface area contributed by atoms with Gasteiger partial charge in [-0.15, -0.1) is 0 Å². The molecule has 0 spiro atoms. The van der Waals surface area contributed by atoms with Crippen LogP contribution in [0.1, 0.15) is 34.9 Å². The van der Waals surface area contributed by atoms with Crippen molar-refractivity contribution in [3.63, 3.8) is 0 Å². The first-order valence-electron chi connectivity index (χ1n) is 6.71. The van der Waals surface area contributed by atoms with Gasteiger partial charge in [-0.25, -0.2) is 4.98 Å². The van der Waals surface area contributed by atoms with E-state index in [1.165, 1.54) is 6.20 Å². The van der Waals surface area contributed by atoms with Crippen LogP contribution in [-0.4, -0.2) is 21.8 Å². The Morgan fingerprint density at radius 2 is 2.20 bits per heavy atom. The Morgan fingerprint density at radius 1 is 1.40 bits per heavy atom. The number of aromatic nitrogens is 1. The van der Waals surface area contributed by atoms with Gasteiger partial charge >= 0.3 is 0 Å². The Hall–Kier alpha value is -2.30. The normalized spacial score (nSPS) is 14.2. The van der Waals surface area contributed by atoms with Crippen LogP contribution in [0, 0.1) is 6.92 Å². The maximum atomic E-state index is 12.5. The molecule has 1 aliphatic carbocycles. The summed E-state index contributed by atoms with van der Waals surface area (Å²) in [5, 5.41) is 0. The summed E-state index contributed by atoms with van der Waals surface area (Å²) in [5.41, 5.74) is 6.58. The van der Waals surface area contributed by atoms with Gasteiger partial charge in [0.2, 0.25) is 0 Å². The Labute approximate surface area is 117 Å². The van der Waals surface area contributed by atoms with Crippen molar-refractivity contribution in [1.82, 2.24) is 9.88 Å². The lowest BCUT2D eigenvalue weighted by atomic mass is 10.2. The first-order chi connectivity index (χ1) is 9.63. The molecule has 1 saturated carbocycles. The third kappa shape index (κ3) is 2.66. The van der Waals surface area contributed by atoms with Gasteiger partial charge in [0.25, 0.3) is 5.91 Å². The number of amides is 1. The molecule has 2 heterocycles. The third-order valence-corrected chi connectivity index (χ3v) is 3.38. The van der Waals surface area contributed by atoms with Crippen molar-refractivity contribution < 1.29 is 9.21 Å². The van der Waals surface area contributed by atoms with Crippen LogP contribution in [-0.2, 0) is 6.54 Å². The van der Waals surface area contributed by atoms with Crippen LogP contribution in [0.5, 0.6) is 0 Å². The quantitative estimate of drug-likeness (QED) is 0.926. The summed E-state index contributed by atoms with van der Waals surface area (Å²) in [7, 11) is 0. The maximum absolute atomic E-state index is 12.5. The minimum Gasteiger partial charge on any atom is -0.464 e. The second kappa shape index (κ2) is 5.00. The Morgan fingerprint density at radius 3 is 2.75 bits per heavy atom. The van der Waals surface area contributed by atoms with Crippen molar-refractivity contribution in [3.8, 4) is 0 Å². The second-order valence-electron chi connectivity index (χ2n) is 5.15. The van der Waals surface area contributed by atoms with Crippen LogP contribution in [0.3, 0.4) is 0 Å². The van der Waals surface area contributed by atoms with Crippen LogP contribution in [0.2, 0.25) is 0 Å². The minimum absolute atomic E-state index is 0.0680. The topological polar surface area (TPSA) is 72.4 Å². The molecule has 0 radical (unpaired) electrons. The average molecular weight is 271 g/mol. The van der Waals surface area contributed by atoms with E-state index in [0.29, 0.717) is 24.0 Å². The molecule has 2 aromatic rings. The Balaban J connectivity index is 1.79. The summed E-state index contributed by atoms with van der Waals surface area (Å²) in [6, 6.07) is 7.48. The zero-order valence-corrected chi connectivity index (χ0v) is 11.4. The highest BCUT2D eigenvalue weighted by Gasteiger charge is 2.34. The van der Waals surface area contributed by atoms with E-state index in [1.807, 2.05) is 24.0 Å². The summed E-state index contributed by atoms with van der Waals surface area (Å²) in [6.07, 6.45) is 3.59. The predicted molar refractivity (Wildman–Crippen MR) is 75.0 cm³/mol. The summed E-state index contributed by atoms with van der Waals surface area (Å²) in [5.74, 6) is 1.59. The smallest absolute Gasteiger partial charge is 0.273 e. The molecule has 2 N–H and O–H groups in total. The van der Waals surface area contributed by atoms with Crippen molar-refractivity contribution in [2.45, 2.75) is 32.4 Å². The zero-order valence-electron chi connectivity index (χ0n) is 11.4. The molecule has 2 aromatic heterocycles. The molecule has 5 nitrogen and oxygen atoms in total. The second-order valence-corrected chi connectivity index (χ2v) is 5.15. The zero-order chi connectivity index (χ0) is 14.1. The number of nitrogens with two attached hydrogens (primary N) is 1. The number of hydrogen-bond donors (Lipinski definition) is 1. The molecule has 1 fully saturated rings. The monoisotopic (exact) mass is 271 g/mol.